The van der Waals surface area contributed by atoms with Gasteiger partial charge in [0.1, 0.15) is 0 Å². The van der Waals surface area contributed by atoms with Crippen LogP contribution in [0.15, 0.2) is 12.7 Å². The summed E-state index contributed by atoms with van der Waals surface area (Å²) in [5, 5.41) is 0. The summed E-state index contributed by atoms with van der Waals surface area (Å²) in [6.07, 6.45) is 21.0. The molecule has 0 atom stereocenters. The largest absolute Gasteiger partial charge is 0.103 e. The Kier molecular flexibility index (Phi) is 8.57. The maximum absolute atomic E-state index is 3.76. The van der Waals surface area contributed by atoms with Crippen LogP contribution in [0.2, 0.25) is 0 Å². The molecule has 1 fully saturated rings. The van der Waals surface area contributed by atoms with Crippen LogP contribution in [0.1, 0.15) is 83.5 Å². The molecule has 0 spiro atoms. The number of unbranched alkanes of at least 4 members (excludes halogenated alkanes) is 6. The average Bonchev–Trinajstić information content (AvgIpc) is 2.34. The molecule has 0 aromatic carbocycles. The van der Waals surface area contributed by atoms with Gasteiger partial charge >= 0.3 is 0 Å². The molecule has 0 bridgehead atoms. The van der Waals surface area contributed by atoms with Crippen molar-refractivity contribution >= 4 is 0 Å². The van der Waals surface area contributed by atoms with E-state index in [-0.39, 0.29) is 0 Å². The number of hydrogen-bond donors (Lipinski definition) is 0. The Balaban J connectivity index is 1.78. The monoisotopic (exact) mass is 222 g/mol. The van der Waals surface area contributed by atoms with Crippen LogP contribution in [0, 0.1) is 5.92 Å². The fourth-order valence-electron chi connectivity index (χ4n) is 2.90. The lowest BCUT2D eigenvalue weighted by atomic mass is 9.85. The van der Waals surface area contributed by atoms with Crippen LogP contribution in [0.5, 0.6) is 0 Å². The van der Waals surface area contributed by atoms with Gasteiger partial charge in [-0.3, -0.25) is 0 Å². The Hall–Kier alpha value is -0.260. The zero-order valence-corrected chi connectivity index (χ0v) is 11.1. The number of allylic oxidation sites excluding steroid dienone is 1. The smallest absolute Gasteiger partial charge is 0.0353 e. The Labute approximate surface area is 103 Å². The third kappa shape index (κ3) is 7.09. The van der Waals surface area contributed by atoms with Gasteiger partial charge in [-0.05, 0) is 18.8 Å². The lowest BCUT2D eigenvalue weighted by Gasteiger charge is -2.21. The fraction of sp³-hybridized carbons (Fsp3) is 0.875. The van der Waals surface area contributed by atoms with Gasteiger partial charge in [0, 0.05) is 0 Å². The molecule has 0 aromatic rings. The normalized spacial score (nSPS) is 17.5. The lowest BCUT2D eigenvalue weighted by Crippen LogP contribution is -2.05. The van der Waals surface area contributed by atoms with E-state index in [1.807, 2.05) is 6.08 Å². The van der Waals surface area contributed by atoms with Gasteiger partial charge in [-0.1, -0.05) is 76.7 Å². The van der Waals surface area contributed by atoms with Crippen molar-refractivity contribution in [3.05, 3.63) is 12.7 Å². The Morgan fingerprint density at radius 1 is 0.812 bits per heavy atom. The van der Waals surface area contributed by atoms with Crippen molar-refractivity contribution in [2.24, 2.45) is 5.92 Å². The van der Waals surface area contributed by atoms with Gasteiger partial charge in [0.2, 0.25) is 0 Å². The lowest BCUT2D eigenvalue weighted by molar-refractivity contribution is 0.328. The standard InChI is InChI=1S/C16H30/c1-2-3-4-5-6-7-8-10-13-16-14-11-9-12-15-16/h2,16H,1,3-15H2. The molecular formula is C16H30. The SMILES string of the molecule is C=CCCCCCCCCC1CCCCC1. The van der Waals surface area contributed by atoms with Gasteiger partial charge in [-0.25, -0.2) is 0 Å². The van der Waals surface area contributed by atoms with E-state index >= 15 is 0 Å². The first-order valence-corrected chi connectivity index (χ1v) is 7.54. The van der Waals surface area contributed by atoms with E-state index in [1.54, 1.807) is 0 Å². The second kappa shape index (κ2) is 9.93. The molecule has 0 heteroatoms. The zero-order chi connectivity index (χ0) is 11.5. The molecule has 0 amide bonds. The molecular weight excluding hydrogens is 192 g/mol. The third-order valence-corrected chi connectivity index (χ3v) is 4.00. The van der Waals surface area contributed by atoms with E-state index in [0.717, 1.165) is 5.92 Å². The maximum Gasteiger partial charge on any atom is -0.0353 e. The summed E-state index contributed by atoms with van der Waals surface area (Å²) in [4.78, 5) is 0. The number of rotatable bonds is 9. The molecule has 0 unspecified atom stereocenters. The Morgan fingerprint density at radius 3 is 2.12 bits per heavy atom. The van der Waals surface area contributed by atoms with Gasteiger partial charge in [0.05, 0.1) is 0 Å². The highest BCUT2D eigenvalue weighted by Crippen LogP contribution is 2.28. The molecule has 0 nitrogen and oxygen atoms in total. The van der Waals surface area contributed by atoms with Crippen LogP contribution in [0.4, 0.5) is 0 Å². The molecule has 0 aliphatic heterocycles. The summed E-state index contributed by atoms with van der Waals surface area (Å²) in [6.45, 7) is 3.76. The van der Waals surface area contributed by atoms with Crippen molar-refractivity contribution in [1.82, 2.24) is 0 Å². The van der Waals surface area contributed by atoms with E-state index in [4.69, 9.17) is 0 Å². The highest BCUT2D eigenvalue weighted by Gasteiger charge is 2.12. The maximum atomic E-state index is 3.76. The first kappa shape index (κ1) is 13.8. The average molecular weight is 222 g/mol. The predicted octanol–water partition coefficient (Wildman–Crippen LogP) is 5.87. The van der Waals surface area contributed by atoms with Gasteiger partial charge in [0.25, 0.3) is 0 Å². The van der Waals surface area contributed by atoms with Crippen LogP contribution in [0.3, 0.4) is 0 Å². The molecule has 1 rings (SSSR count). The predicted molar refractivity (Wildman–Crippen MR) is 73.7 cm³/mol. The molecule has 1 saturated carbocycles. The van der Waals surface area contributed by atoms with Crippen molar-refractivity contribution < 1.29 is 0 Å². The summed E-state index contributed by atoms with van der Waals surface area (Å²) < 4.78 is 0. The van der Waals surface area contributed by atoms with E-state index < -0.39 is 0 Å². The summed E-state index contributed by atoms with van der Waals surface area (Å²) in [6, 6.07) is 0. The van der Waals surface area contributed by atoms with E-state index in [9.17, 15) is 0 Å². The molecule has 0 aromatic heterocycles. The quantitative estimate of drug-likeness (QED) is 0.338. The van der Waals surface area contributed by atoms with E-state index in [2.05, 4.69) is 6.58 Å². The van der Waals surface area contributed by atoms with Crippen molar-refractivity contribution in [3.8, 4) is 0 Å². The fourth-order valence-corrected chi connectivity index (χ4v) is 2.90. The first-order chi connectivity index (χ1) is 7.93. The molecule has 1 aliphatic rings. The topological polar surface area (TPSA) is 0 Å². The van der Waals surface area contributed by atoms with Crippen LogP contribution < -0.4 is 0 Å². The minimum Gasteiger partial charge on any atom is -0.103 e. The van der Waals surface area contributed by atoms with Gasteiger partial charge in [-0.15, -0.1) is 6.58 Å². The summed E-state index contributed by atoms with van der Waals surface area (Å²) >= 11 is 0. The van der Waals surface area contributed by atoms with Crippen LogP contribution in [0.25, 0.3) is 0 Å². The van der Waals surface area contributed by atoms with Gasteiger partial charge in [-0.2, -0.15) is 0 Å². The van der Waals surface area contributed by atoms with Crippen molar-refractivity contribution in [1.29, 1.82) is 0 Å². The van der Waals surface area contributed by atoms with Crippen LogP contribution in [-0.2, 0) is 0 Å². The van der Waals surface area contributed by atoms with Crippen molar-refractivity contribution in [2.45, 2.75) is 83.5 Å². The molecule has 0 saturated heterocycles. The second-order valence-corrected chi connectivity index (χ2v) is 5.49. The molecule has 0 heterocycles. The number of hydrogen-bond acceptors (Lipinski definition) is 0. The van der Waals surface area contributed by atoms with E-state index in [1.165, 1.54) is 83.5 Å². The van der Waals surface area contributed by atoms with Gasteiger partial charge < -0.3 is 0 Å². The Morgan fingerprint density at radius 2 is 1.44 bits per heavy atom. The minimum atomic E-state index is 1.09. The molecule has 0 radical (unpaired) electrons. The third-order valence-electron chi connectivity index (χ3n) is 4.00. The summed E-state index contributed by atoms with van der Waals surface area (Å²) in [5.41, 5.74) is 0. The molecule has 1 aliphatic carbocycles. The highest BCUT2D eigenvalue weighted by molar-refractivity contribution is 4.66. The summed E-state index contributed by atoms with van der Waals surface area (Å²) in [7, 11) is 0. The highest BCUT2D eigenvalue weighted by atomic mass is 14.2. The molecule has 16 heavy (non-hydrogen) atoms. The zero-order valence-electron chi connectivity index (χ0n) is 11.1. The van der Waals surface area contributed by atoms with Crippen molar-refractivity contribution in [3.63, 3.8) is 0 Å². The summed E-state index contributed by atoms with van der Waals surface area (Å²) in [5.74, 6) is 1.09. The minimum absolute atomic E-state index is 1.09. The van der Waals surface area contributed by atoms with Crippen LogP contribution >= 0.6 is 0 Å². The second-order valence-electron chi connectivity index (χ2n) is 5.49. The van der Waals surface area contributed by atoms with Gasteiger partial charge in [0.15, 0.2) is 0 Å². The van der Waals surface area contributed by atoms with Crippen LogP contribution in [-0.4, -0.2) is 0 Å². The van der Waals surface area contributed by atoms with E-state index in [0.29, 0.717) is 0 Å². The molecule has 94 valence electrons. The van der Waals surface area contributed by atoms with Crippen molar-refractivity contribution in [2.75, 3.05) is 0 Å². The Bertz CT molecular complexity index is 153. The molecule has 0 N–H and O–H groups in total. The first-order valence-electron chi connectivity index (χ1n) is 7.54.